The molecular weight excluding hydrogens is 542 g/mol. The Bertz CT molecular complexity index is 873. The molecule has 2 rings (SSSR count). The molecule has 248 valence electrons. The number of aliphatic hydroxyl groups is 3. The van der Waals surface area contributed by atoms with Crippen LogP contribution in [0.25, 0.3) is 0 Å². The lowest BCUT2D eigenvalue weighted by molar-refractivity contribution is -0.298. The highest BCUT2D eigenvalue weighted by atomic mass is 16.7. The van der Waals surface area contributed by atoms with Crippen molar-refractivity contribution in [3.8, 4) is 0 Å². The standard InChI is InChI=1S/C32H61NO9/c1-14-24-32(10,37)27(34)22(6)33(11)17-18(2)15-30(8,38-12)21(5)19(3)26(20(4)29(36)41-24)42-25-16-31(9,39-13)28(35)23(7)40-25/h18-28,34-35,37H,14-17H2,1-13H3/t18-,19-,20-,21-,22-,23+,24-,25+,26+,27-,28+,30-,31-,32-/m1/s1. The highest BCUT2D eigenvalue weighted by Crippen LogP contribution is 2.41. The van der Waals surface area contributed by atoms with Crippen LogP contribution in [0.5, 0.6) is 0 Å². The van der Waals surface area contributed by atoms with E-state index in [1.54, 1.807) is 28.1 Å². The van der Waals surface area contributed by atoms with Gasteiger partial charge in [0.25, 0.3) is 0 Å². The number of carbonyl (C=O) groups is 1. The van der Waals surface area contributed by atoms with Gasteiger partial charge in [-0.1, -0.05) is 27.7 Å². The fourth-order valence-corrected chi connectivity index (χ4v) is 7.09. The van der Waals surface area contributed by atoms with Crippen LogP contribution in [-0.2, 0) is 28.5 Å². The van der Waals surface area contributed by atoms with Crippen LogP contribution in [-0.4, -0.2) is 114 Å². The molecule has 0 unspecified atom stereocenters. The molecular formula is C32H61NO9. The zero-order valence-electron chi connectivity index (χ0n) is 28.4. The zero-order chi connectivity index (χ0) is 32.4. The van der Waals surface area contributed by atoms with Gasteiger partial charge in [-0.25, -0.2) is 0 Å². The summed E-state index contributed by atoms with van der Waals surface area (Å²) in [6.45, 7) is 19.7. The number of aliphatic hydroxyl groups excluding tert-OH is 2. The number of hydrogen-bond acceptors (Lipinski definition) is 10. The van der Waals surface area contributed by atoms with Crippen molar-refractivity contribution in [1.82, 2.24) is 4.90 Å². The van der Waals surface area contributed by atoms with Crippen molar-refractivity contribution in [1.29, 1.82) is 0 Å². The van der Waals surface area contributed by atoms with Gasteiger partial charge < -0.3 is 43.9 Å². The molecule has 0 amide bonds. The minimum absolute atomic E-state index is 0.0471. The van der Waals surface area contributed by atoms with Crippen molar-refractivity contribution in [2.75, 3.05) is 27.8 Å². The molecule has 0 aliphatic carbocycles. The smallest absolute Gasteiger partial charge is 0.311 e. The Morgan fingerprint density at radius 2 is 1.52 bits per heavy atom. The van der Waals surface area contributed by atoms with E-state index in [2.05, 4.69) is 27.7 Å². The number of likely N-dealkylation sites (N-methyl/N-ethyl adjacent to an activating group) is 1. The number of hydrogen-bond donors (Lipinski definition) is 3. The Labute approximate surface area is 254 Å². The maximum absolute atomic E-state index is 13.8. The topological polar surface area (TPSA) is 127 Å². The fraction of sp³-hybridized carbons (Fsp3) is 0.969. The van der Waals surface area contributed by atoms with Gasteiger partial charge in [0.15, 0.2) is 6.29 Å². The molecule has 0 aromatic heterocycles. The molecule has 0 radical (unpaired) electrons. The van der Waals surface area contributed by atoms with E-state index in [4.69, 9.17) is 23.7 Å². The van der Waals surface area contributed by atoms with E-state index in [1.165, 1.54) is 6.92 Å². The molecule has 0 bridgehead atoms. The van der Waals surface area contributed by atoms with E-state index < -0.39 is 71.5 Å². The van der Waals surface area contributed by atoms with E-state index in [0.717, 1.165) is 6.42 Å². The molecule has 2 heterocycles. The van der Waals surface area contributed by atoms with Gasteiger partial charge in [0.1, 0.15) is 23.9 Å². The zero-order valence-corrected chi connectivity index (χ0v) is 28.4. The first-order chi connectivity index (χ1) is 19.3. The monoisotopic (exact) mass is 603 g/mol. The van der Waals surface area contributed by atoms with E-state index in [9.17, 15) is 20.1 Å². The SMILES string of the molecule is CC[C@H]1OC(=O)[C@H](C)[C@@H](O[C@H]2C[C@@](C)(OC)[C@@H](O)[C@H](C)O2)[C@H](C)[C@@H](C)[C@](C)(OC)C[C@@H](C)CN(C)[C@H](C)[C@@H](O)[C@]1(C)O. The summed E-state index contributed by atoms with van der Waals surface area (Å²) in [5, 5.41) is 33.6. The van der Waals surface area contributed by atoms with Crippen LogP contribution in [0, 0.1) is 23.7 Å². The second kappa shape index (κ2) is 14.5. The lowest BCUT2D eigenvalue weighted by Gasteiger charge is -2.47. The maximum Gasteiger partial charge on any atom is 0.311 e. The van der Waals surface area contributed by atoms with Crippen molar-refractivity contribution in [2.24, 2.45) is 23.7 Å². The van der Waals surface area contributed by atoms with E-state index in [0.29, 0.717) is 13.0 Å². The van der Waals surface area contributed by atoms with Crippen LogP contribution >= 0.6 is 0 Å². The molecule has 0 spiro atoms. The van der Waals surface area contributed by atoms with Crippen LogP contribution in [0.2, 0.25) is 0 Å². The third kappa shape index (κ3) is 7.86. The summed E-state index contributed by atoms with van der Waals surface area (Å²) in [4.78, 5) is 15.8. The minimum atomic E-state index is -1.68. The van der Waals surface area contributed by atoms with Crippen LogP contribution < -0.4 is 0 Å². The highest BCUT2D eigenvalue weighted by molar-refractivity contribution is 5.73. The molecule has 10 heteroatoms. The Balaban J connectivity index is 2.57. The second-order valence-electron chi connectivity index (χ2n) is 14.0. The van der Waals surface area contributed by atoms with Gasteiger partial charge in [-0.2, -0.15) is 0 Å². The minimum Gasteiger partial charge on any atom is -0.459 e. The number of esters is 1. The summed E-state index contributed by atoms with van der Waals surface area (Å²) in [5.41, 5.74) is -3.12. The van der Waals surface area contributed by atoms with Gasteiger partial charge in [0, 0.05) is 33.2 Å². The number of cyclic esters (lactones) is 1. The molecule has 0 saturated carbocycles. The first-order valence-electron chi connectivity index (χ1n) is 15.7. The molecule has 0 aromatic carbocycles. The predicted molar refractivity (Wildman–Crippen MR) is 161 cm³/mol. The summed E-state index contributed by atoms with van der Waals surface area (Å²) in [6, 6.07) is -0.394. The third-order valence-electron chi connectivity index (χ3n) is 10.8. The second-order valence-corrected chi connectivity index (χ2v) is 14.0. The van der Waals surface area contributed by atoms with Gasteiger partial charge in [-0.05, 0) is 79.2 Å². The molecule has 2 saturated heterocycles. The van der Waals surface area contributed by atoms with Crippen LogP contribution in [0.3, 0.4) is 0 Å². The first-order valence-corrected chi connectivity index (χ1v) is 15.7. The Morgan fingerprint density at radius 3 is 2.05 bits per heavy atom. The van der Waals surface area contributed by atoms with Gasteiger partial charge >= 0.3 is 5.97 Å². The molecule has 2 aliphatic heterocycles. The maximum atomic E-state index is 13.8. The van der Waals surface area contributed by atoms with Crippen LogP contribution in [0.4, 0.5) is 0 Å². The quantitative estimate of drug-likeness (QED) is 0.403. The van der Waals surface area contributed by atoms with Gasteiger partial charge in [0.2, 0.25) is 0 Å². The lowest BCUT2D eigenvalue weighted by Crippen LogP contribution is -2.59. The van der Waals surface area contributed by atoms with Crippen molar-refractivity contribution in [3.63, 3.8) is 0 Å². The fourth-order valence-electron chi connectivity index (χ4n) is 7.09. The van der Waals surface area contributed by atoms with Gasteiger partial charge in [-0.15, -0.1) is 0 Å². The van der Waals surface area contributed by atoms with Crippen LogP contribution in [0.15, 0.2) is 0 Å². The molecule has 2 aliphatic rings. The molecule has 42 heavy (non-hydrogen) atoms. The van der Waals surface area contributed by atoms with Gasteiger partial charge in [-0.3, -0.25) is 4.79 Å². The van der Waals surface area contributed by atoms with Crippen molar-refractivity contribution in [2.45, 2.75) is 148 Å². The Morgan fingerprint density at radius 1 is 0.952 bits per heavy atom. The Kier molecular flexibility index (Phi) is 12.9. The summed E-state index contributed by atoms with van der Waals surface area (Å²) in [6.07, 6.45) is -3.55. The van der Waals surface area contributed by atoms with Crippen LogP contribution in [0.1, 0.15) is 88.5 Å². The summed E-state index contributed by atoms with van der Waals surface area (Å²) in [5.74, 6) is -1.30. The van der Waals surface area contributed by atoms with Crippen molar-refractivity contribution in [3.05, 3.63) is 0 Å². The number of rotatable bonds is 5. The normalized spacial score (nSPS) is 49.1. The molecule has 3 N–H and O–H groups in total. The van der Waals surface area contributed by atoms with E-state index in [-0.39, 0.29) is 24.2 Å². The molecule has 0 aromatic rings. The summed E-state index contributed by atoms with van der Waals surface area (Å²) < 4.78 is 30.6. The lowest BCUT2D eigenvalue weighted by atomic mass is 9.72. The van der Waals surface area contributed by atoms with E-state index >= 15 is 0 Å². The largest absolute Gasteiger partial charge is 0.459 e. The molecule has 14 atom stereocenters. The van der Waals surface area contributed by atoms with Crippen molar-refractivity contribution < 1.29 is 43.8 Å². The summed E-state index contributed by atoms with van der Waals surface area (Å²) >= 11 is 0. The predicted octanol–water partition coefficient (Wildman–Crippen LogP) is 3.38. The first kappa shape index (κ1) is 37.3. The number of methoxy groups -OCH3 is 2. The summed E-state index contributed by atoms with van der Waals surface area (Å²) in [7, 11) is 5.21. The van der Waals surface area contributed by atoms with Gasteiger partial charge in [0.05, 0.1) is 29.3 Å². The highest BCUT2D eigenvalue weighted by Gasteiger charge is 2.50. The van der Waals surface area contributed by atoms with Crippen molar-refractivity contribution >= 4 is 5.97 Å². The molecule has 10 nitrogen and oxygen atoms in total. The Hall–Kier alpha value is -0.850. The third-order valence-corrected chi connectivity index (χ3v) is 10.8. The average molecular weight is 604 g/mol. The number of carbonyl (C=O) groups excluding carboxylic acids is 1. The number of ether oxygens (including phenoxy) is 5. The average Bonchev–Trinajstić information content (AvgIpc) is 2.94. The number of nitrogens with zero attached hydrogens (tertiary/aromatic N) is 1. The molecule has 2 fully saturated rings. The van der Waals surface area contributed by atoms with E-state index in [1.807, 2.05) is 32.7 Å².